The van der Waals surface area contributed by atoms with Crippen LogP contribution in [0.4, 0.5) is 5.69 Å². The second-order valence-corrected chi connectivity index (χ2v) is 8.91. The molecule has 0 bridgehead atoms. The van der Waals surface area contributed by atoms with Crippen LogP contribution in [0, 0.1) is 6.92 Å². The van der Waals surface area contributed by atoms with E-state index < -0.39 is 10.0 Å². The van der Waals surface area contributed by atoms with Crippen molar-refractivity contribution in [1.82, 2.24) is 4.31 Å². The Morgan fingerprint density at radius 3 is 2.07 bits per heavy atom. The lowest BCUT2D eigenvalue weighted by molar-refractivity contribution is 0.564. The molecule has 0 radical (unpaired) electrons. The molecular formula is C23H19N3O2S2. The molecule has 0 aliphatic carbocycles. The molecule has 3 aromatic carbocycles. The minimum absolute atomic E-state index is 0.0533. The molecule has 0 atom stereocenters. The maximum atomic E-state index is 13.4. The molecule has 0 saturated carbocycles. The third-order valence-electron chi connectivity index (χ3n) is 4.65. The number of sulfonamides is 1. The maximum Gasteiger partial charge on any atom is 0.270 e. The zero-order chi connectivity index (χ0) is 21.1. The van der Waals surface area contributed by atoms with Gasteiger partial charge in [-0.25, -0.2) is 17.7 Å². The smallest absolute Gasteiger partial charge is 0.270 e. The predicted molar refractivity (Wildman–Crippen MR) is 125 cm³/mol. The first kappa shape index (κ1) is 20.0. The first-order valence-electron chi connectivity index (χ1n) is 9.27. The maximum absolute atomic E-state index is 13.4. The fourth-order valence-electron chi connectivity index (χ4n) is 3.07. The van der Waals surface area contributed by atoms with Crippen LogP contribution in [0.2, 0.25) is 0 Å². The van der Waals surface area contributed by atoms with E-state index in [9.17, 15) is 8.42 Å². The topological polar surface area (TPSA) is 53.0 Å². The van der Waals surface area contributed by atoms with Gasteiger partial charge in [-0.15, -0.1) is 0 Å². The highest BCUT2D eigenvalue weighted by molar-refractivity contribution is 7.91. The summed E-state index contributed by atoms with van der Waals surface area (Å²) in [5.74, 6) is 0. The van der Waals surface area contributed by atoms with Crippen LogP contribution in [0.5, 0.6) is 0 Å². The van der Waals surface area contributed by atoms with Gasteiger partial charge in [-0.3, -0.25) is 4.90 Å². The Balaban J connectivity index is 1.89. The number of benzene rings is 3. The highest BCUT2D eigenvalue weighted by Crippen LogP contribution is 2.29. The van der Waals surface area contributed by atoms with Crippen LogP contribution in [0.15, 0.2) is 101 Å². The standard InChI is InChI=1S/C23H19N3O2S2/c1-18-12-14-21(15-13-18)30(27,28)26-16-22(19-8-4-2-5-9-19)25(17-24-23(26)29)20-10-6-3-7-11-20/h2-17H,1H3. The summed E-state index contributed by atoms with van der Waals surface area (Å²) in [6.07, 6.45) is 3.09. The lowest BCUT2D eigenvalue weighted by Crippen LogP contribution is -2.30. The summed E-state index contributed by atoms with van der Waals surface area (Å²) in [7, 11) is -3.92. The van der Waals surface area contributed by atoms with Crippen LogP contribution in [0.3, 0.4) is 0 Å². The molecule has 0 spiro atoms. The molecule has 150 valence electrons. The Morgan fingerprint density at radius 2 is 1.43 bits per heavy atom. The average Bonchev–Trinajstić information content (AvgIpc) is 2.95. The summed E-state index contributed by atoms with van der Waals surface area (Å²) in [5, 5.41) is -0.0533. The van der Waals surface area contributed by atoms with Crippen molar-refractivity contribution in [2.75, 3.05) is 4.90 Å². The molecule has 30 heavy (non-hydrogen) atoms. The molecule has 0 amide bonds. The quantitative estimate of drug-likeness (QED) is 0.554. The van der Waals surface area contributed by atoms with Crippen LogP contribution in [0.25, 0.3) is 5.70 Å². The SMILES string of the molecule is Cc1ccc(S(=O)(=O)N2C=C(c3ccccc3)N(c3ccccc3)C=NC2=S)cc1. The van der Waals surface area contributed by atoms with Crippen LogP contribution in [-0.4, -0.2) is 24.2 Å². The summed E-state index contributed by atoms with van der Waals surface area (Å²) in [6, 6.07) is 25.8. The van der Waals surface area contributed by atoms with Gasteiger partial charge in [-0.2, -0.15) is 0 Å². The van der Waals surface area contributed by atoms with Crippen molar-refractivity contribution in [1.29, 1.82) is 0 Å². The second kappa shape index (κ2) is 8.22. The van der Waals surface area contributed by atoms with E-state index in [4.69, 9.17) is 12.2 Å². The predicted octanol–water partition coefficient (Wildman–Crippen LogP) is 4.82. The van der Waals surface area contributed by atoms with Gasteiger partial charge in [0.1, 0.15) is 6.34 Å². The van der Waals surface area contributed by atoms with Crippen LogP contribution in [0.1, 0.15) is 11.1 Å². The molecule has 4 rings (SSSR count). The summed E-state index contributed by atoms with van der Waals surface area (Å²) in [6.45, 7) is 1.91. The van der Waals surface area contributed by atoms with E-state index >= 15 is 0 Å². The average molecular weight is 434 g/mol. The molecular weight excluding hydrogens is 414 g/mol. The Morgan fingerprint density at radius 1 is 0.833 bits per heavy atom. The van der Waals surface area contributed by atoms with Crippen molar-refractivity contribution < 1.29 is 8.42 Å². The molecule has 0 aromatic heterocycles. The van der Waals surface area contributed by atoms with Crippen molar-refractivity contribution >= 4 is 45.1 Å². The van der Waals surface area contributed by atoms with Gasteiger partial charge in [0.05, 0.1) is 10.6 Å². The second-order valence-electron chi connectivity index (χ2n) is 6.73. The highest BCUT2D eigenvalue weighted by Gasteiger charge is 2.29. The van der Waals surface area contributed by atoms with Gasteiger partial charge in [0, 0.05) is 17.5 Å². The minimum Gasteiger partial charge on any atom is -0.299 e. The molecule has 0 N–H and O–H groups in total. The van der Waals surface area contributed by atoms with E-state index in [-0.39, 0.29) is 10.0 Å². The number of anilines is 1. The monoisotopic (exact) mass is 433 g/mol. The molecule has 1 aliphatic heterocycles. The van der Waals surface area contributed by atoms with E-state index in [1.54, 1.807) is 30.6 Å². The van der Waals surface area contributed by atoms with E-state index in [2.05, 4.69) is 4.99 Å². The number of rotatable bonds is 4. The van der Waals surface area contributed by atoms with Gasteiger partial charge >= 0.3 is 0 Å². The van der Waals surface area contributed by atoms with Crippen molar-refractivity contribution in [2.24, 2.45) is 4.99 Å². The summed E-state index contributed by atoms with van der Waals surface area (Å²) in [5.41, 5.74) is 3.29. The third-order valence-corrected chi connectivity index (χ3v) is 6.73. The fourth-order valence-corrected chi connectivity index (χ4v) is 4.66. The number of aryl methyl sites for hydroxylation is 1. The molecule has 3 aromatic rings. The van der Waals surface area contributed by atoms with E-state index in [0.717, 1.165) is 21.1 Å². The number of thiocarbonyl (C=S) groups is 1. The van der Waals surface area contributed by atoms with Gasteiger partial charge in [0.2, 0.25) is 5.11 Å². The van der Waals surface area contributed by atoms with E-state index in [0.29, 0.717) is 5.70 Å². The summed E-state index contributed by atoms with van der Waals surface area (Å²) in [4.78, 5) is 6.26. The number of para-hydroxylation sites is 1. The Bertz CT molecular complexity index is 1220. The van der Waals surface area contributed by atoms with Gasteiger partial charge in [-0.1, -0.05) is 66.2 Å². The molecule has 0 fully saturated rings. The summed E-state index contributed by atoms with van der Waals surface area (Å²) < 4.78 is 27.8. The van der Waals surface area contributed by atoms with Crippen molar-refractivity contribution in [3.8, 4) is 0 Å². The zero-order valence-electron chi connectivity index (χ0n) is 16.2. The number of hydrogen-bond acceptors (Lipinski definition) is 4. The first-order chi connectivity index (χ1) is 14.5. The minimum atomic E-state index is -3.92. The number of aliphatic imine (C=N–C) groups is 1. The Kier molecular flexibility index (Phi) is 5.48. The van der Waals surface area contributed by atoms with Gasteiger partial charge in [-0.05, 0) is 43.4 Å². The van der Waals surface area contributed by atoms with Crippen LogP contribution < -0.4 is 4.90 Å². The Hall–Kier alpha value is -3.29. The van der Waals surface area contributed by atoms with Crippen LogP contribution >= 0.6 is 12.2 Å². The Labute approximate surface area is 181 Å². The lowest BCUT2D eigenvalue weighted by Gasteiger charge is -2.23. The molecule has 0 saturated heterocycles. The van der Waals surface area contributed by atoms with Crippen molar-refractivity contribution in [2.45, 2.75) is 11.8 Å². The molecule has 5 nitrogen and oxygen atoms in total. The van der Waals surface area contributed by atoms with E-state index in [1.807, 2.05) is 72.5 Å². The van der Waals surface area contributed by atoms with Gasteiger partial charge in [0.25, 0.3) is 10.0 Å². The molecule has 1 heterocycles. The normalized spacial score (nSPS) is 14.4. The molecule has 7 heteroatoms. The molecule has 0 unspecified atom stereocenters. The first-order valence-corrected chi connectivity index (χ1v) is 11.1. The lowest BCUT2D eigenvalue weighted by atomic mass is 10.1. The highest BCUT2D eigenvalue weighted by atomic mass is 32.2. The largest absolute Gasteiger partial charge is 0.299 e. The zero-order valence-corrected chi connectivity index (χ0v) is 17.8. The van der Waals surface area contributed by atoms with Crippen molar-refractivity contribution in [3.05, 3.63) is 102 Å². The summed E-state index contributed by atoms with van der Waals surface area (Å²) >= 11 is 5.37. The van der Waals surface area contributed by atoms with E-state index in [1.165, 1.54) is 6.20 Å². The van der Waals surface area contributed by atoms with Crippen molar-refractivity contribution in [3.63, 3.8) is 0 Å². The third kappa shape index (κ3) is 3.90. The fraction of sp³-hybridized carbons (Fsp3) is 0.0435. The van der Waals surface area contributed by atoms with Gasteiger partial charge < -0.3 is 0 Å². The van der Waals surface area contributed by atoms with Crippen LogP contribution in [-0.2, 0) is 10.0 Å². The number of hydrogen-bond donors (Lipinski definition) is 0. The molecule has 1 aliphatic rings. The number of nitrogens with zero attached hydrogens (tertiary/aromatic N) is 3. The van der Waals surface area contributed by atoms with Gasteiger partial charge in [0.15, 0.2) is 0 Å².